The van der Waals surface area contributed by atoms with Gasteiger partial charge >= 0.3 is 0 Å². The Morgan fingerprint density at radius 2 is 2.05 bits per heavy atom. The highest BCUT2D eigenvalue weighted by Crippen LogP contribution is 2.28. The maximum absolute atomic E-state index is 12.6. The van der Waals surface area contributed by atoms with Gasteiger partial charge in [0, 0.05) is 19.3 Å². The average Bonchev–Trinajstić information content (AvgIpc) is 2.46. The summed E-state index contributed by atoms with van der Waals surface area (Å²) in [5.41, 5.74) is 7.54. The first-order valence-corrected chi connectivity index (χ1v) is 7.94. The van der Waals surface area contributed by atoms with Gasteiger partial charge in [-0.15, -0.1) is 0 Å². The minimum atomic E-state index is -3.68. The molecule has 0 saturated carbocycles. The SMILES string of the molecule is Nc1ncccc1S(=O)(=O)N1CCc2ccc(O)cc2C1. The molecule has 0 bridgehead atoms. The van der Waals surface area contributed by atoms with Gasteiger partial charge in [0.15, 0.2) is 0 Å². The molecule has 21 heavy (non-hydrogen) atoms. The van der Waals surface area contributed by atoms with Crippen LogP contribution in [0.2, 0.25) is 0 Å². The van der Waals surface area contributed by atoms with Crippen LogP contribution in [-0.2, 0) is 23.0 Å². The highest BCUT2D eigenvalue weighted by atomic mass is 32.2. The summed E-state index contributed by atoms with van der Waals surface area (Å²) in [6.07, 6.45) is 2.06. The second-order valence-electron chi connectivity index (χ2n) is 4.93. The van der Waals surface area contributed by atoms with Gasteiger partial charge in [-0.3, -0.25) is 0 Å². The summed E-state index contributed by atoms with van der Waals surface area (Å²) in [6.45, 7) is 0.606. The van der Waals surface area contributed by atoms with E-state index in [9.17, 15) is 13.5 Å². The van der Waals surface area contributed by atoms with E-state index in [1.165, 1.54) is 16.6 Å². The first kappa shape index (κ1) is 13.8. The fourth-order valence-electron chi connectivity index (χ4n) is 2.48. The van der Waals surface area contributed by atoms with Gasteiger partial charge in [0.1, 0.15) is 16.5 Å². The van der Waals surface area contributed by atoms with Crippen molar-refractivity contribution in [3.8, 4) is 5.75 Å². The zero-order valence-corrected chi connectivity index (χ0v) is 12.0. The van der Waals surface area contributed by atoms with Crippen molar-refractivity contribution in [1.29, 1.82) is 0 Å². The van der Waals surface area contributed by atoms with Crippen molar-refractivity contribution in [1.82, 2.24) is 9.29 Å². The van der Waals surface area contributed by atoms with E-state index in [-0.39, 0.29) is 23.0 Å². The molecule has 0 aliphatic carbocycles. The Morgan fingerprint density at radius 1 is 1.24 bits per heavy atom. The van der Waals surface area contributed by atoms with E-state index < -0.39 is 10.0 Å². The maximum Gasteiger partial charge on any atom is 0.247 e. The zero-order valence-electron chi connectivity index (χ0n) is 11.2. The van der Waals surface area contributed by atoms with Gasteiger partial charge in [0.2, 0.25) is 10.0 Å². The Kier molecular flexibility index (Phi) is 3.30. The van der Waals surface area contributed by atoms with Crippen molar-refractivity contribution in [2.75, 3.05) is 12.3 Å². The lowest BCUT2D eigenvalue weighted by Crippen LogP contribution is -2.36. The lowest BCUT2D eigenvalue weighted by atomic mass is 10.0. The largest absolute Gasteiger partial charge is 0.508 e. The van der Waals surface area contributed by atoms with Crippen LogP contribution in [0.5, 0.6) is 5.75 Å². The fraction of sp³-hybridized carbons (Fsp3) is 0.214. The molecule has 3 rings (SSSR count). The summed E-state index contributed by atoms with van der Waals surface area (Å²) in [5.74, 6) is 0.132. The minimum Gasteiger partial charge on any atom is -0.508 e. The van der Waals surface area contributed by atoms with Gasteiger partial charge in [0.25, 0.3) is 0 Å². The second kappa shape index (κ2) is 5.01. The molecule has 2 heterocycles. The number of hydrogen-bond acceptors (Lipinski definition) is 5. The predicted molar refractivity (Wildman–Crippen MR) is 78.1 cm³/mol. The molecular weight excluding hydrogens is 290 g/mol. The smallest absolute Gasteiger partial charge is 0.247 e. The molecule has 0 amide bonds. The topological polar surface area (TPSA) is 96.5 Å². The minimum absolute atomic E-state index is 0.000735. The average molecular weight is 305 g/mol. The molecule has 0 saturated heterocycles. The Labute approximate surface area is 122 Å². The molecule has 0 spiro atoms. The van der Waals surface area contributed by atoms with E-state index in [2.05, 4.69) is 4.98 Å². The van der Waals surface area contributed by atoms with Crippen molar-refractivity contribution in [3.63, 3.8) is 0 Å². The van der Waals surface area contributed by atoms with Crippen LogP contribution in [0.25, 0.3) is 0 Å². The number of pyridine rings is 1. The Morgan fingerprint density at radius 3 is 2.81 bits per heavy atom. The van der Waals surface area contributed by atoms with Gasteiger partial charge in [-0.1, -0.05) is 6.07 Å². The van der Waals surface area contributed by atoms with Crippen LogP contribution in [-0.4, -0.2) is 29.4 Å². The highest BCUT2D eigenvalue weighted by Gasteiger charge is 2.30. The summed E-state index contributed by atoms with van der Waals surface area (Å²) in [4.78, 5) is 3.85. The van der Waals surface area contributed by atoms with E-state index in [0.717, 1.165) is 11.1 Å². The van der Waals surface area contributed by atoms with Crippen LogP contribution in [0, 0.1) is 0 Å². The van der Waals surface area contributed by atoms with Crippen LogP contribution in [0.3, 0.4) is 0 Å². The monoisotopic (exact) mass is 305 g/mol. The van der Waals surface area contributed by atoms with Gasteiger partial charge in [-0.2, -0.15) is 4.31 Å². The standard InChI is InChI=1S/C14H15N3O3S/c15-14-13(2-1-6-16-14)21(19,20)17-7-5-10-3-4-12(18)8-11(10)9-17/h1-4,6,8,18H,5,7,9H2,(H2,15,16). The quantitative estimate of drug-likeness (QED) is 0.866. The molecule has 2 aromatic rings. The molecule has 110 valence electrons. The van der Waals surface area contributed by atoms with Gasteiger partial charge in [-0.05, 0) is 41.8 Å². The number of aromatic nitrogens is 1. The third kappa shape index (κ3) is 2.45. The molecule has 0 radical (unpaired) electrons. The predicted octanol–water partition coefficient (Wildman–Crippen LogP) is 1.12. The Balaban J connectivity index is 1.97. The number of sulfonamides is 1. The van der Waals surface area contributed by atoms with Crippen LogP contribution in [0.1, 0.15) is 11.1 Å². The molecule has 1 aliphatic rings. The molecule has 7 heteroatoms. The Bertz CT molecular complexity index is 790. The van der Waals surface area contributed by atoms with E-state index in [1.54, 1.807) is 18.2 Å². The maximum atomic E-state index is 12.6. The van der Waals surface area contributed by atoms with Crippen LogP contribution < -0.4 is 5.73 Å². The summed E-state index contributed by atoms with van der Waals surface area (Å²) >= 11 is 0. The normalized spacial score (nSPS) is 15.6. The lowest BCUT2D eigenvalue weighted by Gasteiger charge is -2.28. The number of anilines is 1. The van der Waals surface area contributed by atoms with Crippen molar-refractivity contribution < 1.29 is 13.5 Å². The molecule has 6 nitrogen and oxygen atoms in total. The number of fused-ring (bicyclic) bond motifs is 1. The number of nitrogen functional groups attached to an aromatic ring is 1. The van der Waals surface area contributed by atoms with E-state index in [4.69, 9.17) is 5.73 Å². The fourth-order valence-corrected chi connectivity index (χ4v) is 3.97. The van der Waals surface area contributed by atoms with E-state index in [0.29, 0.717) is 13.0 Å². The molecular formula is C14H15N3O3S. The number of phenols is 1. The third-order valence-electron chi connectivity index (χ3n) is 3.58. The zero-order chi connectivity index (χ0) is 15.0. The number of phenolic OH excluding ortho intramolecular Hbond substituents is 1. The van der Waals surface area contributed by atoms with Crippen molar-refractivity contribution in [2.24, 2.45) is 0 Å². The molecule has 0 unspecified atom stereocenters. The lowest BCUT2D eigenvalue weighted by molar-refractivity contribution is 0.389. The van der Waals surface area contributed by atoms with Crippen molar-refractivity contribution in [3.05, 3.63) is 47.7 Å². The molecule has 0 atom stereocenters. The molecule has 1 aromatic carbocycles. The summed E-state index contributed by atoms with van der Waals surface area (Å²) in [6, 6.07) is 8.04. The van der Waals surface area contributed by atoms with Crippen LogP contribution >= 0.6 is 0 Å². The van der Waals surface area contributed by atoms with Gasteiger partial charge in [-0.25, -0.2) is 13.4 Å². The summed E-state index contributed by atoms with van der Waals surface area (Å²) < 4.78 is 26.7. The van der Waals surface area contributed by atoms with Gasteiger partial charge < -0.3 is 10.8 Å². The number of rotatable bonds is 2. The number of nitrogens with zero attached hydrogens (tertiary/aromatic N) is 2. The molecule has 1 aromatic heterocycles. The number of hydrogen-bond donors (Lipinski definition) is 2. The van der Waals surface area contributed by atoms with Crippen LogP contribution in [0.15, 0.2) is 41.4 Å². The first-order valence-electron chi connectivity index (χ1n) is 6.50. The molecule has 0 fully saturated rings. The molecule has 3 N–H and O–H groups in total. The highest BCUT2D eigenvalue weighted by molar-refractivity contribution is 7.89. The number of benzene rings is 1. The first-order chi connectivity index (χ1) is 9.98. The second-order valence-corrected chi connectivity index (χ2v) is 6.83. The van der Waals surface area contributed by atoms with Crippen molar-refractivity contribution >= 4 is 15.8 Å². The summed E-state index contributed by atoms with van der Waals surface area (Å²) in [7, 11) is -3.68. The Hall–Kier alpha value is -2.12. The van der Waals surface area contributed by atoms with E-state index in [1.807, 2.05) is 6.07 Å². The third-order valence-corrected chi connectivity index (χ3v) is 5.48. The van der Waals surface area contributed by atoms with Gasteiger partial charge in [0.05, 0.1) is 0 Å². The van der Waals surface area contributed by atoms with E-state index >= 15 is 0 Å². The number of nitrogens with two attached hydrogens (primary N) is 1. The summed E-state index contributed by atoms with van der Waals surface area (Å²) in [5, 5.41) is 9.54. The molecule has 1 aliphatic heterocycles. The van der Waals surface area contributed by atoms with Crippen molar-refractivity contribution in [2.45, 2.75) is 17.9 Å². The number of aromatic hydroxyl groups is 1. The van der Waals surface area contributed by atoms with Crippen LogP contribution in [0.4, 0.5) is 5.82 Å².